The van der Waals surface area contributed by atoms with Crippen molar-refractivity contribution in [2.75, 3.05) is 20.0 Å². The molecular weight excluding hydrogens is 338 g/mol. The first-order valence-corrected chi connectivity index (χ1v) is 8.49. The number of nitrogen functional groups attached to an aromatic ring is 1. The summed E-state index contributed by atoms with van der Waals surface area (Å²) in [5.41, 5.74) is 11.8. The van der Waals surface area contributed by atoms with E-state index in [4.69, 9.17) is 15.2 Å². The van der Waals surface area contributed by atoms with E-state index in [0.717, 1.165) is 16.7 Å². The molecule has 3 aromatic rings. The summed E-state index contributed by atoms with van der Waals surface area (Å²) in [6.45, 7) is 4.08. The number of ether oxygens (including phenoxy) is 2. The first-order valence-electron chi connectivity index (χ1n) is 8.49. The normalized spacial score (nSPS) is 10.3. The average molecular weight is 359 g/mol. The van der Waals surface area contributed by atoms with Gasteiger partial charge in [0.2, 0.25) is 0 Å². The standard InChI is InChI=1S/C22H21N3O2/c1-13-5-7-16(14(2)9-13)20-11-17(19(12-23)22(24)25-20)18-10-15(26-3)6-8-21(18)27-4/h5-11H,1-4H3,(H2,24,25). The summed E-state index contributed by atoms with van der Waals surface area (Å²) >= 11 is 0. The van der Waals surface area contributed by atoms with Crippen LogP contribution >= 0.6 is 0 Å². The van der Waals surface area contributed by atoms with Gasteiger partial charge in [0.25, 0.3) is 0 Å². The summed E-state index contributed by atoms with van der Waals surface area (Å²) in [4.78, 5) is 4.47. The van der Waals surface area contributed by atoms with Crippen LogP contribution in [0.15, 0.2) is 42.5 Å². The molecule has 0 saturated heterocycles. The van der Waals surface area contributed by atoms with Gasteiger partial charge in [-0.25, -0.2) is 4.98 Å². The van der Waals surface area contributed by atoms with Gasteiger partial charge in [-0.1, -0.05) is 23.8 Å². The Labute approximate surface area is 159 Å². The van der Waals surface area contributed by atoms with Crippen molar-refractivity contribution in [1.82, 2.24) is 4.98 Å². The minimum Gasteiger partial charge on any atom is -0.497 e. The Morgan fingerprint density at radius 1 is 0.926 bits per heavy atom. The maximum atomic E-state index is 9.66. The van der Waals surface area contributed by atoms with Gasteiger partial charge in [0, 0.05) is 16.7 Å². The summed E-state index contributed by atoms with van der Waals surface area (Å²) < 4.78 is 10.8. The van der Waals surface area contributed by atoms with Crippen molar-refractivity contribution in [3.8, 4) is 40.0 Å². The third-order valence-corrected chi connectivity index (χ3v) is 4.51. The van der Waals surface area contributed by atoms with Crippen LogP contribution in [0, 0.1) is 25.2 Å². The fraction of sp³-hybridized carbons (Fsp3) is 0.182. The Morgan fingerprint density at radius 2 is 1.70 bits per heavy atom. The number of hydrogen-bond donors (Lipinski definition) is 1. The molecule has 0 amide bonds. The van der Waals surface area contributed by atoms with E-state index >= 15 is 0 Å². The van der Waals surface area contributed by atoms with Crippen LogP contribution in [0.3, 0.4) is 0 Å². The third-order valence-electron chi connectivity index (χ3n) is 4.51. The highest BCUT2D eigenvalue weighted by atomic mass is 16.5. The minimum absolute atomic E-state index is 0.190. The molecule has 1 heterocycles. The quantitative estimate of drug-likeness (QED) is 0.741. The zero-order valence-electron chi connectivity index (χ0n) is 15.8. The highest BCUT2D eigenvalue weighted by Crippen LogP contribution is 2.38. The first kappa shape index (κ1) is 18.3. The topological polar surface area (TPSA) is 81.2 Å². The molecule has 5 heteroatoms. The van der Waals surface area contributed by atoms with Crippen LogP contribution < -0.4 is 15.2 Å². The lowest BCUT2D eigenvalue weighted by atomic mass is 9.95. The SMILES string of the molecule is COc1ccc(OC)c(-c2cc(-c3ccc(C)cc3C)nc(N)c2C#N)c1. The van der Waals surface area contributed by atoms with Crippen LogP contribution in [0.4, 0.5) is 5.82 Å². The number of anilines is 1. The summed E-state index contributed by atoms with van der Waals surface area (Å²) in [6.07, 6.45) is 0. The van der Waals surface area contributed by atoms with Crippen molar-refractivity contribution in [2.24, 2.45) is 0 Å². The highest BCUT2D eigenvalue weighted by Gasteiger charge is 2.18. The second-order valence-corrected chi connectivity index (χ2v) is 6.31. The number of nitrogens with zero attached hydrogens (tertiary/aromatic N) is 2. The van der Waals surface area contributed by atoms with Crippen molar-refractivity contribution >= 4 is 5.82 Å². The fourth-order valence-corrected chi connectivity index (χ4v) is 3.16. The Morgan fingerprint density at radius 3 is 2.33 bits per heavy atom. The maximum Gasteiger partial charge on any atom is 0.142 e. The molecule has 0 saturated carbocycles. The number of pyridine rings is 1. The average Bonchev–Trinajstić information content (AvgIpc) is 2.66. The number of nitriles is 1. The van der Waals surface area contributed by atoms with Crippen molar-refractivity contribution in [1.29, 1.82) is 5.26 Å². The summed E-state index contributed by atoms with van der Waals surface area (Å²) in [5.74, 6) is 1.48. The number of benzene rings is 2. The Balaban J connectivity index is 2.30. The smallest absolute Gasteiger partial charge is 0.142 e. The van der Waals surface area contributed by atoms with Crippen molar-refractivity contribution < 1.29 is 9.47 Å². The molecule has 0 spiro atoms. The molecule has 0 fully saturated rings. The third kappa shape index (κ3) is 3.42. The van der Waals surface area contributed by atoms with E-state index < -0.39 is 0 Å². The number of aromatic nitrogens is 1. The van der Waals surface area contributed by atoms with Gasteiger partial charge in [-0.3, -0.25) is 0 Å². The molecule has 27 heavy (non-hydrogen) atoms. The van der Waals surface area contributed by atoms with Crippen LogP contribution in [0.5, 0.6) is 11.5 Å². The monoisotopic (exact) mass is 359 g/mol. The van der Waals surface area contributed by atoms with Crippen molar-refractivity contribution in [3.63, 3.8) is 0 Å². The van der Waals surface area contributed by atoms with Gasteiger partial charge in [0.1, 0.15) is 28.9 Å². The second-order valence-electron chi connectivity index (χ2n) is 6.31. The highest BCUT2D eigenvalue weighted by molar-refractivity contribution is 5.84. The molecule has 0 unspecified atom stereocenters. The van der Waals surface area contributed by atoms with Gasteiger partial charge in [-0.05, 0) is 43.7 Å². The van der Waals surface area contributed by atoms with E-state index in [1.165, 1.54) is 5.56 Å². The zero-order chi connectivity index (χ0) is 19.6. The molecule has 0 atom stereocenters. The van der Waals surface area contributed by atoms with Gasteiger partial charge in [-0.15, -0.1) is 0 Å². The van der Waals surface area contributed by atoms with E-state index in [9.17, 15) is 5.26 Å². The van der Waals surface area contributed by atoms with E-state index in [-0.39, 0.29) is 5.82 Å². The van der Waals surface area contributed by atoms with E-state index in [0.29, 0.717) is 28.3 Å². The summed E-state index contributed by atoms with van der Waals surface area (Å²) in [7, 11) is 3.19. The molecule has 136 valence electrons. The second kappa shape index (κ2) is 7.38. The largest absolute Gasteiger partial charge is 0.497 e. The van der Waals surface area contributed by atoms with Gasteiger partial charge in [0.05, 0.1) is 19.9 Å². The Bertz CT molecular complexity index is 1050. The Hall–Kier alpha value is -3.52. The maximum absolute atomic E-state index is 9.66. The number of rotatable bonds is 4. The molecule has 1 aromatic heterocycles. The lowest BCUT2D eigenvalue weighted by molar-refractivity contribution is 0.404. The van der Waals surface area contributed by atoms with Gasteiger partial charge in [-0.2, -0.15) is 5.26 Å². The van der Waals surface area contributed by atoms with Crippen molar-refractivity contribution in [2.45, 2.75) is 13.8 Å². The van der Waals surface area contributed by atoms with Gasteiger partial charge in [0.15, 0.2) is 0 Å². The predicted molar refractivity (Wildman–Crippen MR) is 107 cm³/mol. The molecule has 5 nitrogen and oxygen atoms in total. The number of nitrogens with two attached hydrogens (primary N) is 1. The van der Waals surface area contributed by atoms with Crippen LogP contribution in [0.2, 0.25) is 0 Å². The zero-order valence-corrected chi connectivity index (χ0v) is 15.8. The van der Waals surface area contributed by atoms with E-state index in [2.05, 4.69) is 17.1 Å². The molecule has 0 radical (unpaired) electrons. The van der Waals surface area contributed by atoms with E-state index in [1.54, 1.807) is 14.2 Å². The molecular formula is C22H21N3O2. The molecule has 0 aliphatic carbocycles. The number of aryl methyl sites for hydroxylation is 2. The molecule has 2 aromatic carbocycles. The summed E-state index contributed by atoms with van der Waals surface area (Å²) in [6, 6.07) is 15.6. The Kier molecular flexibility index (Phi) is 5.00. The van der Waals surface area contributed by atoms with Crippen LogP contribution in [0.1, 0.15) is 16.7 Å². The lowest BCUT2D eigenvalue weighted by Gasteiger charge is -2.15. The molecule has 0 aliphatic heterocycles. The molecule has 3 rings (SSSR count). The van der Waals surface area contributed by atoms with Crippen LogP contribution in [0.25, 0.3) is 22.4 Å². The lowest BCUT2D eigenvalue weighted by Crippen LogP contribution is -2.01. The molecule has 0 bridgehead atoms. The van der Waals surface area contributed by atoms with Crippen LogP contribution in [-0.4, -0.2) is 19.2 Å². The summed E-state index contributed by atoms with van der Waals surface area (Å²) in [5, 5.41) is 9.66. The predicted octanol–water partition coefficient (Wildman–Crippen LogP) is 4.50. The van der Waals surface area contributed by atoms with Crippen molar-refractivity contribution in [3.05, 3.63) is 59.2 Å². The number of hydrogen-bond acceptors (Lipinski definition) is 5. The molecule has 2 N–H and O–H groups in total. The van der Waals surface area contributed by atoms with E-state index in [1.807, 2.05) is 50.2 Å². The van der Waals surface area contributed by atoms with Gasteiger partial charge >= 0.3 is 0 Å². The van der Waals surface area contributed by atoms with Gasteiger partial charge < -0.3 is 15.2 Å². The fourth-order valence-electron chi connectivity index (χ4n) is 3.16. The minimum atomic E-state index is 0.190. The molecule has 0 aliphatic rings. The first-order chi connectivity index (χ1) is 13.0. The van der Waals surface area contributed by atoms with Crippen LogP contribution in [-0.2, 0) is 0 Å². The number of methoxy groups -OCH3 is 2.